The van der Waals surface area contributed by atoms with E-state index >= 15 is 0 Å². The average Bonchev–Trinajstić information content (AvgIpc) is 3.21. The van der Waals surface area contributed by atoms with Crippen molar-refractivity contribution in [1.82, 2.24) is 14.9 Å². The molecule has 1 saturated heterocycles. The zero-order chi connectivity index (χ0) is 20.4. The molecule has 1 aromatic heterocycles. The lowest BCUT2D eigenvalue weighted by Gasteiger charge is -2.49. The molecule has 1 amide bonds. The molecule has 0 saturated carbocycles. The normalized spacial score (nSPS) is 30.1. The van der Waals surface area contributed by atoms with E-state index in [-0.39, 0.29) is 19.4 Å². The Bertz CT molecular complexity index is 670. The maximum Gasteiger partial charge on any atom is 0.333 e. The average molecular weight is 386 g/mol. The molecular weight excluding hydrogens is 360 g/mol. The van der Waals surface area contributed by atoms with Gasteiger partial charge in [0, 0.05) is 32.6 Å². The van der Waals surface area contributed by atoms with Gasteiger partial charge in [0.2, 0.25) is 5.91 Å². The number of nitrogens with zero attached hydrogens (tertiary/aromatic N) is 2. The molecule has 11 nitrogen and oxygen atoms in total. The number of amides is 1. The number of aliphatic carboxylic acids is 1. The van der Waals surface area contributed by atoms with Gasteiger partial charge in [-0.2, -0.15) is 0 Å². The van der Waals surface area contributed by atoms with Crippen LogP contribution in [0, 0.1) is 0 Å². The largest absolute Gasteiger partial charge is 0.479 e. The van der Waals surface area contributed by atoms with E-state index < -0.39 is 47.9 Å². The SMILES string of the molecule is CN(C(=O)CCN)[C@@](Cc1c[nH]cn1)(C(=O)O)C1(C)O[C@H](CO)[C@@H](O)[C@@H]1O. The Labute approximate surface area is 155 Å². The number of hydrogen-bond donors (Lipinski definition) is 6. The van der Waals surface area contributed by atoms with Gasteiger partial charge in [-0.1, -0.05) is 0 Å². The van der Waals surface area contributed by atoms with Crippen molar-refractivity contribution in [3.8, 4) is 0 Å². The minimum atomic E-state index is -2.13. The van der Waals surface area contributed by atoms with Gasteiger partial charge < -0.3 is 40.8 Å². The van der Waals surface area contributed by atoms with Gasteiger partial charge >= 0.3 is 5.97 Å². The van der Waals surface area contributed by atoms with Crippen LogP contribution in [0.3, 0.4) is 0 Å². The third-order valence-electron chi connectivity index (χ3n) is 5.32. The second kappa shape index (κ2) is 7.90. The van der Waals surface area contributed by atoms with Crippen LogP contribution in [0.5, 0.6) is 0 Å². The zero-order valence-electron chi connectivity index (χ0n) is 15.2. The number of rotatable bonds is 8. The van der Waals surface area contributed by atoms with Crippen LogP contribution in [0.4, 0.5) is 0 Å². The molecule has 1 aliphatic heterocycles. The van der Waals surface area contributed by atoms with E-state index in [1.807, 2.05) is 0 Å². The van der Waals surface area contributed by atoms with Crippen molar-refractivity contribution < 1.29 is 34.8 Å². The number of aromatic nitrogens is 2. The van der Waals surface area contributed by atoms with Crippen LogP contribution in [-0.4, -0.2) is 96.8 Å². The van der Waals surface area contributed by atoms with E-state index in [0.717, 1.165) is 4.90 Å². The highest BCUT2D eigenvalue weighted by Crippen LogP contribution is 2.44. The molecule has 0 spiro atoms. The Balaban J connectivity index is 2.63. The minimum Gasteiger partial charge on any atom is -0.479 e. The number of nitrogens with one attached hydrogen (secondary N) is 1. The summed E-state index contributed by atoms with van der Waals surface area (Å²) in [4.78, 5) is 32.8. The first-order valence-electron chi connectivity index (χ1n) is 8.48. The van der Waals surface area contributed by atoms with Crippen LogP contribution < -0.4 is 5.73 Å². The first-order chi connectivity index (χ1) is 12.7. The molecule has 152 valence electrons. The topological polar surface area (TPSA) is 182 Å². The first-order valence-corrected chi connectivity index (χ1v) is 8.48. The van der Waals surface area contributed by atoms with E-state index in [2.05, 4.69) is 9.97 Å². The molecule has 0 radical (unpaired) electrons. The number of carbonyl (C=O) groups excluding carboxylic acids is 1. The lowest BCUT2D eigenvalue weighted by atomic mass is 9.72. The molecule has 11 heteroatoms. The van der Waals surface area contributed by atoms with E-state index in [4.69, 9.17) is 10.5 Å². The maximum atomic E-state index is 12.6. The Morgan fingerprint density at radius 2 is 2.15 bits per heavy atom. The highest BCUT2D eigenvalue weighted by molar-refractivity contribution is 5.89. The number of H-pyrrole nitrogens is 1. The Kier molecular flexibility index (Phi) is 6.22. The molecule has 0 aromatic carbocycles. The second-order valence-corrected chi connectivity index (χ2v) is 6.78. The number of imidazole rings is 1. The molecule has 1 aromatic rings. The van der Waals surface area contributed by atoms with Crippen LogP contribution in [0.25, 0.3) is 0 Å². The number of carbonyl (C=O) groups is 2. The van der Waals surface area contributed by atoms with Gasteiger partial charge in [-0.15, -0.1) is 0 Å². The van der Waals surface area contributed by atoms with Crippen molar-refractivity contribution in [1.29, 1.82) is 0 Å². The maximum absolute atomic E-state index is 12.6. The Morgan fingerprint density at radius 1 is 1.48 bits per heavy atom. The standard InChI is InChI=1S/C16H26N4O7/c1-15(13(24)12(23)10(7-21)27-15)16(14(25)26,5-9-6-18-8-19-9)20(2)11(22)3-4-17/h6,8,10,12-13,21,23-24H,3-5,7,17H2,1-2H3,(H,18,19)(H,25,26)/t10-,12-,13+,15?,16+/m1/s1. The van der Waals surface area contributed by atoms with Gasteiger partial charge in [-0.05, 0) is 6.92 Å². The van der Waals surface area contributed by atoms with Crippen LogP contribution in [0.1, 0.15) is 19.0 Å². The third kappa shape index (κ3) is 3.32. The van der Waals surface area contributed by atoms with E-state index in [1.54, 1.807) is 0 Å². The summed E-state index contributed by atoms with van der Waals surface area (Å²) in [5.41, 5.74) is 1.68. The van der Waals surface area contributed by atoms with Gasteiger partial charge in [0.25, 0.3) is 0 Å². The summed E-state index contributed by atoms with van der Waals surface area (Å²) in [5, 5.41) is 40.5. The van der Waals surface area contributed by atoms with E-state index in [1.165, 1.54) is 26.5 Å². The number of ether oxygens (including phenoxy) is 1. The summed E-state index contributed by atoms with van der Waals surface area (Å²) >= 11 is 0. The highest BCUT2D eigenvalue weighted by atomic mass is 16.6. The summed E-state index contributed by atoms with van der Waals surface area (Å²) in [6, 6.07) is 0. The zero-order valence-corrected chi connectivity index (χ0v) is 15.2. The number of aliphatic hydroxyl groups is 3. The number of aromatic amines is 1. The van der Waals surface area contributed by atoms with Gasteiger partial charge in [-0.3, -0.25) is 4.79 Å². The highest BCUT2D eigenvalue weighted by Gasteiger charge is 2.68. The molecular formula is C16H26N4O7. The summed E-state index contributed by atoms with van der Waals surface area (Å²) in [6.45, 7) is 0.666. The van der Waals surface area contributed by atoms with Crippen molar-refractivity contribution in [2.24, 2.45) is 5.73 Å². The van der Waals surface area contributed by atoms with Gasteiger partial charge in [0.15, 0.2) is 5.54 Å². The Hall–Kier alpha value is -2.05. The lowest BCUT2D eigenvalue weighted by Crippen LogP contribution is -2.72. The fraction of sp³-hybridized carbons (Fsp3) is 0.688. The molecule has 27 heavy (non-hydrogen) atoms. The number of aliphatic hydroxyl groups excluding tert-OH is 3. The minimum absolute atomic E-state index is 0.00327. The Morgan fingerprint density at radius 3 is 2.59 bits per heavy atom. The number of carboxylic acid groups (broad SMARTS) is 1. The van der Waals surface area contributed by atoms with Crippen molar-refractivity contribution in [2.75, 3.05) is 20.2 Å². The first kappa shape index (κ1) is 21.3. The molecule has 5 atom stereocenters. The quantitative estimate of drug-likeness (QED) is 0.280. The van der Waals surface area contributed by atoms with E-state index in [0.29, 0.717) is 5.69 Å². The van der Waals surface area contributed by atoms with E-state index in [9.17, 15) is 30.0 Å². The predicted molar refractivity (Wildman–Crippen MR) is 91.5 cm³/mol. The third-order valence-corrected chi connectivity index (χ3v) is 5.32. The number of likely N-dealkylation sites (N-methyl/N-ethyl adjacent to an activating group) is 1. The smallest absolute Gasteiger partial charge is 0.333 e. The number of carboxylic acids is 1. The van der Waals surface area contributed by atoms with Crippen LogP contribution >= 0.6 is 0 Å². The molecule has 0 aliphatic carbocycles. The fourth-order valence-electron chi connectivity index (χ4n) is 3.68. The fourth-order valence-corrected chi connectivity index (χ4v) is 3.68. The van der Waals surface area contributed by atoms with Crippen LogP contribution in [0.15, 0.2) is 12.5 Å². The molecule has 0 bridgehead atoms. The van der Waals surface area contributed by atoms with Crippen molar-refractivity contribution in [2.45, 2.75) is 49.2 Å². The van der Waals surface area contributed by atoms with Crippen molar-refractivity contribution in [3.05, 3.63) is 18.2 Å². The number of hydrogen-bond acceptors (Lipinski definition) is 8. The monoisotopic (exact) mass is 386 g/mol. The summed E-state index contributed by atoms with van der Waals surface area (Å²) in [6.07, 6.45) is -2.04. The number of nitrogens with two attached hydrogens (primary N) is 1. The second-order valence-electron chi connectivity index (χ2n) is 6.78. The van der Waals surface area contributed by atoms with Gasteiger partial charge in [0.1, 0.15) is 23.9 Å². The molecule has 1 unspecified atom stereocenters. The lowest BCUT2D eigenvalue weighted by molar-refractivity contribution is -0.197. The molecule has 2 heterocycles. The van der Waals surface area contributed by atoms with Crippen LogP contribution in [-0.2, 0) is 20.7 Å². The van der Waals surface area contributed by atoms with Crippen molar-refractivity contribution >= 4 is 11.9 Å². The van der Waals surface area contributed by atoms with Gasteiger partial charge in [-0.25, -0.2) is 9.78 Å². The predicted octanol–water partition coefficient (Wildman–Crippen LogP) is -2.55. The molecule has 2 rings (SSSR count). The van der Waals surface area contributed by atoms with Gasteiger partial charge in [0.05, 0.1) is 18.6 Å². The summed E-state index contributed by atoms with van der Waals surface area (Å²) in [7, 11) is 1.28. The molecule has 7 N–H and O–H groups in total. The summed E-state index contributed by atoms with van der Waals surface area (Å²) in [5.74, 6) is -2.03. The molecule has 1 aliphatic rings. The summed E-state index contributed by atoms with van der Waals surface area (Å²) < 4.78 is 5.65. The van der Waals surface area contributed by atoms with Crippen molar-refractivity contribution in [3.63, 3.8) is 0 Å². The molecule has 1 fully saturated rings. The van der Waals surface area contributed by atoms with Crippen LogP contribution in [0.2, 0.25) is 0 Å².